The molecular formula is C16H25BrN2. The van der Waals surface area contributed by atoms with E-state index in [1.54, 1.807) is 0 Å². The SMILES string of the molecule is Cc1ccc(NC2CCN(CC(C)C)CC2)c(Br)c1. The maximum absolute atomic E-state index is 3.68. The second kappa shape index (κ2) is 6.76. The highest BCUT2D eigenvalue weighted by molar-refractivity contribution is 9.10. The Bertz CT molecular complexity index is 409. The zero-order valence-corrected chi connectivity index (χ0v) is 13.8. The predicted molar refractivity (Wildman–Crippen MR) is 86.8 cm³/mol. The summed E-state index contributed by atoms with van der Waals surface area (Å²) in [6, 6.07) is 7.14. The normalized spacial score (nSPS) is 17.9. The van der Waals surface area contributed by atoms with E-state index in [4.69, 9.17) is 0 Å². The summed E-state index contributed by atoms with van der Waals surface area (Å²) in [5.74, 6) is 0.774. The number of hydrogen-bond donors (Lipinski definition) is 1. The third-order valence-electron chi connectivity index (χ3n) is 3.70. The van der Waals surface area contributed by atoms with E-state index in [1.165, 1.54) is 48.2 Å². The number of halogens is 1. The van der Waals surface area contributed by atoms with Gasteiger partial charge in [-0.3, -0.25) is 0 Å². The first-order chi connectivity index (χ1) is 9.04. The van der Waals surface area contributed by atoms with Gasteiger partial charge in [0.25, 0.3) is 0 Å². The van der Waals surface area contributed by atoms with Gasteiger partial charge in [0.15, 0.2) is 0 Å². The summed E-state index contributed by atoms with van der Waals surface area (Å²) < 4.78 is 1.18. The van der Waals surface area contributed by atoms with Gasteiger partial charge in [-0.25, -0.2) is 0 Å². The molecule has 0 spiro atoms. The molecule has 0 atom stereocenters. The smallest absolute Gasteiger partial charge is 0.0486 e. The van der Waals surface area contributed by atoms with Crippen molar-refractivity contribution in [2.24, 2.45) is 5.92 Å². The van der Waals surface area contributed by atoms with E-state index in [-0.39, 0.29) is 0 Å². The molecule has 0 aromatic heterocycles. The second-order valence-corrected chi connectivity index (χ2v) is 6.95. The average molecular weight is 325 g/mol. The van der Waals surface area contributed by atoms with Crippen LogP contribution in [0.4, 0.5) is 5.69 Å². The lowest BCUT2D eigenvalue weighted by Gasteiger charge is -2.34. The highest BCUT2D eigenvalue weighted by Crippen LogP contribution is 2.26. The fraction of sp³-hybridized carbons (Fsp3) is 0.625. The monoisotopic (exact) mass is 324 g/mol. The predicted octanol–water partition coefficient (Wildman–Crippen LogP) is 4.29. The van der Waals surface area contributed by atoms with Crippen LogP contribution in [0.1, 0.15) is 32.3 Å². The third kappa shape index (κ3) is 4.50. The first-order valence-corrected chi connectivity index (χ1v) is 8.09. The molecule has 2 rings (SSSR count). The minimum atomic E-state index is 0.613. The molecule has 106 valence electrons. The first kappa shape index (κ1) is 14.9. The summed E-state index contributed by atoms with van der Waals surface area (Å²) in [4.78, 5) is 2.59. The van der Waals surface area contributed by atoms with Crippen LogP contribution in [-0.2, 0) is 0 Å². The quantitative estimate of drug-likeness (QED) is 0.888. The van der Waals surface area contributed by atoms with Gasteiger partial charge in [-0.2, -0.15) is 0 Å². The molecule has 0 bridgehead atoms. The molecule has 1 aromatic carbocycles. The van der Waals surface area contributed by atoms with Crippen molar-refractivity contribution in [2.45, 2.75) is 39.7 Å². The van der Waals surface area contributed by atoms with Crippen LogP contribution in [-0.4, -0.2) is 30.6 Å². The molecule has 1 heterocycles. The van der Waals surface area contributed by atoms with E-state index < -0.39 is 0 Å². The Morgan fingerprint density at radius 1 is 1.32 bits per heavy atom. The van der Waals surface area contributed by atoms with Crippen LogP contribution >= 0.6 is 15.9 Å². The second-order valence-electron chi connectivity index (χ2n) is 6.10. The van der Waals surface area contributed by atoms with E-state index in [2.05, 4.69) is 65.1 Å². The fourth-order valence-electron chi connectivity index (χ4n) is 2.73. The Morgan fingerprint density at radius 3 is 2.58 bits per heavy atom. The molecule has 1 aliphatic heterocycles. The van der Waals surface area contributed by atoms with Crippen molar-refractivity contribution in [3.8, 4) is 0 Å². The molecular weight excluding hydrogens is 300 g/mol. The van der Waals surface area contributed by atoms with Crippen molar-refractivity contribution in [1.82, 2.24) is 4.90 Å². The third-order valence-corrected chi connectivity index (χ3v) is 4.35. The zero-order chi connectivity index (χ0) is 13.8. The number of rotatable bonds is 4. The van der Waals surface area contributed by atoms with E-state index in [0.717, 1.165) is 5.92 Å². The minimum Gasteiger partial charge on any atom is -0.381 e. The molecule has 0 amide bonds. The van der Waals surface area contributed by atoms with Crippen LogP contribution in [0, 0.1) is 12.8 Å². The van der Waals surface area contributed by atoms with Crippen molar-refractivity contribution in [2.75, 3.05) is 25.0 Å². The van der Waals surface area contributed by atoms with E-state index in [0.29, 0.717) is 6.04 Å². The van der Waals surface area contributed by atoms with Crippen LogP contribution in [0.15, 0.2) is 22.7 Å². The lowest BCUT2D eigenvalue weighted by atomic mass is 10.0. The molecule has 1 fully saturated rings. The van der Waals surface area contributed by atoms with Gasteiger partial charge in [0, 0.05) is 35.8 Å². The molecule has 0 saturated carbocycles. The van der Waals surface area contributed by atoms with Gasteiger partial charge in [0.1, 0.15) is 0 Å². The van der Waals surface area contributed by atoms with Gasteiger partial charge in [-0.1, -0.05) is 19.9 Å². The maximum atomic E-state index is 3.68. The first-order valence-electron chi connectivity index (χ1n) is 7.29. The molecule has 0 aliphatic carbocycles. The summed E-state index contributed by atoms with van der Waals surface area (Å²) in [5, 5.41) is 3.68. The molecule has 19 heavy (non-hydrogen) atoms. The number of likely N-dealkylation sites (tertiary alicyclic amines) is 1. The summed E-state index contributed by atoms with van der Waals surface area (Å²) in [6.45, 7) is 10.4. The van der Waals surface area contributed by atoms with Crippen molar-refractivity contribution in [1.29, 1.82) is 0 Å². The van der Waals surface area contributed by atoms with Crippen molar-refractivity contribution in [3.05, 3.63) is 28.2 Å². The van der Waals surface area contributed by atoms with Crippen LogP contribution in [0.25, 0.3) is 0 Å². The average Bonchev–Trinajstić information content (AvgIpc) is 2.34. The lowest BCUT2D eigenvalue weighted by Crippen LogP contribution is -2.40. The number of nitrogens with one attached hydrogen (secondary N) is 1. The Balaban J connectivity index is 1.85. The fourth-order valence-corrected chi connectivity index (χ4v) is 3.34. The summed E-state index contributed by atoms with van der Waals surface area (Å²) in [5.41, 5.74) is 2.53. The van der Waals surface area contributed by atoms with Crippen molar-refractivity contribution in [3.63, 3.8) is 0 Å². The number of benzene rings is 1. The Morgan fingerprint density at radius 2 is 2.00 bits per heavy atom. The Hall–Kier alpha value is -0.540. The molecule has 0 radical (unpaired) electrons. The molecule has 2 nitrogen and oxygen atoms in total. The van der Waals surface area contributed by atoms with E-state index >= 15 is 0 Å². The van der Waals surface area contributed by atoms with Gasteiger partial charge in [0.05, 0.1) is 0 Å². The van der Waals surface area contributed by atoms with E-state index in [1.807, 2.05) is 0 Å². The number of piperidine rings is 1. The van der Waals surface area contributed by atoms with Crippen LogP contribution in [0.2, 0.25) is 0 Å². The number of hydrogen-bond acceptors (Lipinski definition) is 2. The highest BCUT2D eigenvalue weighted by atomic mass is 79.9. The largest absolute Gasteiger partial charge is 0.381 e. The standard InChI is InChI=1S/C16H25BrN2/c1-12(2)11-19-8-6-14(7-9-19)18-16-5-4-13(3)10-15(16)17/h4-5,10,12,14,18H,6-9,11H2,1-3H3. The van der Waals surface area contributed by atoms with Gasteiger partial charge in [-0.15, -0.1) is 0 Å². The molecule has 1 N–H and O–H groups in total. The Labute approximate surface area is 125 Å². The molecule has 1 saturated heterocycles. The zero-order valence-electron chi connectivity index (χ0n) is 12.2. The van der Waals surface area contributed by atoms with Gasteiger partial charge >= 0.3 is 0 Å². The van der Waals surface area contributed by atoms with Gasteiger partial charge < -0.3 is 10.2 Å². The van der Waals surface area contributed by atoms with Gasteiger partial charge in [-0.05, 0) is 59.3 Å². The summed E-state index contributed by atoms with van der Waals surface area (Å²) in [6.07, 6.45) is 2.49. The minimum absolute atomic E-state index is 0.613. The number of anilines is 1. The molecule has 1 aliphatic rings. The highest BCUT2D eigenvalue weighted by Gasteiger charge is 2.19. The van der Waals surface area contributed by atoms with Gasteiger partial charge in [0.2, 0.25) is 0 Å². The summed E-state index contributed by atoms with van der Waals surface area (Å²) in [7, 11) is 0. The van der Waals surface area contributed by atoms with E-state index in [9.17, 15) is 0 Å². The van der Waals surface area contributed by atoms with Crippen LogP contribution in [0.3, 0.4) is 0 Å². The van der Waals surface area contributed by atoms with Crippen molar-refractivity contribution < 1.29 is 0 Å². The molecule has 1 aromatic rings. The Kier molecular flexibility index (Phi) is 5.28. The number of aryl methyl sites for hydroxylation is 1. The van der Waals surface area contributed by atoms with Crippen molar-refractivity contribution >= 4 is 21.6 Å². The molecule has 0 unspecified atom stereocenters. The number of nitrogens with zero attached hydrogens (tertiary/aromatic N) is 1. The summed E-state index contributed by atoms with van der Waals surface area (Å²) >= 11 is 3.65. The van der Waals surface area contributed by atoms with Crippen LogP contribution in [0.5, 0.6) is 0 Å². The maximum Gasteiger partial charge on any atom is 0.0486 e. The van der Waals surface area contributed by atoms with Crippen LogP contribution < -0.4 is 5.32 Å². The molecule has 3 heteroatoms. The topological polar surface area (TPSA) is 15.3 Å². The lowest BCUT2D eigenvalue weighted by molar-refractivity contribution is 0.198.